The van der Waals surface area contributed by atoms with Crippen LogP contribution in [-0.4, -0.2) is 25.5 Å². The number of benzene rings is 1. The predicted octanol–water partition coefficient (Wildman–Crippen LogP) is 2.30. The van der Waals surface area contributed by atoms with Crippen molar-refractivity contribution in [1.29, 1.82) is 0 Å². The number of nitrogens with one attached hydrogen (secondary N) is 2. The molecular formula is C18H26N2O. The average molecular weight is 286 g/mol. The Balaban J connectivity index is 1.55. The van der Waals surface area contributed by atoms with Gasteiger partial charge in [0, 0.05) is 12.5 Å². The molecule has 1 amide bonds. The van der Waals surface area contributed by atoms with Gasteiger partial charge in [0.1, 0.15) is 0 Å². The number of piperidine rings is 1. The highest BCUT2D eigenvalue weighted by atomic mass is 16.1. The summed E-state index contributed by atoms with van der Waals surface area (Å²) in [6.45, 7) is 5.27. The first-order valence-electron chi connectivity index (χ1n) is 8.22. The molecule has 1 aliphatic carbocycles. The fraction of sp³-hybridized carbons (Fsp3) is 0.611. The van der Waals surface area contributed by atoms with Crippen molar-refractivity contribution in [3.8, 4) is 0 Å². The lowest BCUT2D eigenvalue weighted by atomic mass is 9.80. The van der Waals surface area contributed by atoms with Gasteiger partial charge < -0.3 is 10.6 Å². The zero-order chi connectivity index (χ0) is 14.7. The SMILES string of the molecule is CC1(CNC(=O)C2CCc3ccccc3C2)CCNCC1. The van der Waals surface area contributed by atoms with E-state index in [-0.39, 0.29) is 17.2 Å². The van der Waals surface area contributed by atoms with Crippen molar-refractivity contribution in [3.63, 3.8) is 0 Å². The van der Waals surface area contributed by atoms with E-state index in [1.807, 2.05) is 0 Å². The minimum Gasteiger partial charge on any atom is -0.355 e. The van der Waals surface area contributed by atoms with E-state index < -0.39 is 0 Å². The Morgan fingerprint density at radius 3 is 2.76 bits per heavy atom. The van der Waals surface area contributed by atoms with Gasteiger partial charge in [0.05, 0.1) is 0 Å². The second kappa shape index (κ2) is 6.18. The maximum atomic E-state index is 12.5. The molecule has 0 saturated carbocycles. The van der Waals surface area contributed by atoms with Crippen LogP contribution in [0.1, 0.15) is 37.3 Å². The molecule has 3 rings (SSSR count). The summed E-state index contributed by atoms with van der Waals surface area (Å²) in [5, 5.41) is 6.62. The number of amides is 1. The summed E-state index contributed by atoms with van der Waals surface area (Å²) in [6, 6.07) is 8.54. The van der Waals surface area contributed by atoms with E-state index in [1.54, 1.807) is 0 Å². The van der Waals surface area contributed by atoms with E-state index in [4.69, 9.17) is 0 Å². The van der Waals surface area contributed by atoms with E-state index in [9.17, 15) is 4.79 Å². The molecule has 1 aromatic carbocycles. The molecule has 1 saturated heterocycles. The van der Waals surface area contributed by atoms with E-state index in [1.165, 1.54) is 11.1 Å². The molecule has 1 aromatic rings. The first-order valence-corrected chi connectivity index (χ1v) is 8.22. The topological polar surface area (TPSA) is 41.1 Å². The average Bonchev–Trinajstić information content (AvgIpc) is 2.53. The molecular weight excluding hydrogens is 260 g/mol. The fourth-order valence-corrected chi connectivity index (χ4v) is 3.57. The van der Waals surface area contributed by atoms with Crippen molar-refractivity contribution in [1.82, 2.24) is 10.6 Å². The molecule has 3 heteroatoms. The zero-order valence-corrected chi connectivity index (χ0v) is 13.0. The van der Waals surface area contributed by atoms with Crippen molar-refractivity contribution in [2.24, 2.45) is 11.3 Å². The smallest absolute Gasteiger partial charge is 0.223 e. The standard InChI is InChI=1S/C18H26N2O/c1-18(8-10-19-11-9-18)13-20-17(21)16-7-6-14-4-2-3-5-15(14)12-16/h2-5,16,19H,6-13H2,1H3,(H,20,21). The van der Waals surface area contributed by atoms with Gasteiger partial charge in [-0.1, -0.05) is 31.2 Å². The number of carbonyl (C=O) groups excluding carboxylic acids is 1. The summed E-state index contributed by atoms with van der Waals surface area (Å²) < 4.78 is 0. The highest BCUT2D eigenvalue weighted by molar-refractivity contribution is 5.79. The van der Waals surface area contributed by atoms with Gasteiger partial charge in [0.15, 0.2) is 0 Å². The highest BCUT2D eigenvalue weighted by Gasteiger charge is 2.29. The molecule has 0 bridgehead atoms. The third-order valence-electron chi connectivity index (χ3n) is 5.22. The van der Waals surface area contributed by atoms with Crippen LogP contribution in [-0.2, 0) is 17.6 Å². The Bertz CT molecular complexity index is 506. The lowest BCUT2D eigenvalue weighted by molar-refractivity contribution is -0.125. The summed E-state index contributed by atoms with van der Waals surface area (Å²) in [5.41, 5.74) is 3.05. The van der Waals surface area contributed by atoms with Gasteiger partial charge in [-0.05, 0) is 61.7 Å². The molecule has 21 heavy (non-hydrogen) atoms. The van der Waals surface area contributed by atoms with Crippen LogP contribution in [0.15, 0.2) is 24.3 Å². The highest BCUT2D eigenvalue weighted by Crippen LogP contribution is 2.28. The third-order valence-corrected chi connectivity index (χ3v) is 5.22. The molecule has 0 aromatic heterocycles. The van der Waals surface area contributed by atoms with Crippen molar-refractivity contribution < 1.29 is 4.79 Å². The second-order valence-electron chi connectivity index (χ2n) is 6.99. The summed E-state index contributed by atoms with van der Waals surface area (Å²) in [7, 11) is 0. The maximum Gasteiger partial charge on any atom is 0.223 e. The van der Waals surface area contributed by atoms with Gasteiger partial charge in [-0.15, -0.1) is 0 Å². The summed E-state index contributed by atoms with van der Waals surface area (Å²) in [4.78, 5) is 12.5. The molecule has 114 valence electrons. The molecule has 2 N–H and O–H groups in total. The molecule has 1 heterocycles. The number of fused-ring (bicyclic) bond motifs is 1. The van der Waals surface area contributed by atoms with Crippen molar-refractivity contribution in [3.05, 3.63) is 35.4 Å². The third kappa shape index (κ3) is 3.46. The van der Waals surface area contributed by atoms with E-state index in [0.717, 1.165) is 51.7 Å². The molecule has 0 spiro atoms. The van der Waals surface area contributed by atoms with Crippen LogP contribution in [0.4, 0.5) is 0 Å². The van der Waals surface area contributed by atoms with Gasteiger partial charge in [0.2, 0.25) is 5.91 Å². The van der Waals surface area contributed by atoms with E-state index in [0.29, 0.717) is 0 Å². The largest absolute Gasteiger partial charge is 0.355 e. The normalized spacial score (nSPS) is 24.1. The van der Waals surface area contributed by atoms with Gasteiger partial charge in [-0.3, -0.25) is 4.79 Å². The lowest BCUT2D eigenvalue weighted by Crippen LogP contribution is -2.45. The quantitative estimate of drug-likeness (QED) is 0.895. The van der Waals surface area contributed by atoms with E-state index >= 15 is 0 Å². The Morgan fingerprint density at radius 1 is 1.29 bits per heavy atom. The van der Waals surface area contributed by atoms with Crippen molar-refractivity contribution >= 4 is 5.91 Å². The van der Waals surface area contributed by atoms with Crippen LogP contribution in [0, 0.1) is 11.3 Å². The van der Waals surface area contributed by atoms with Crippen molar-refractivity contribution in [2.45, 2.75) is 39.0 Å². The Hall–Kier alpha value is -1.35. The monoisotopic (exact) mass is 286 g/mol. The first kappa shape index (κ1) is 14.6. The van der Waals surface area contributed by atoms with Gasteiger partial charge in [0.25, 0.3) is 0 Å². The summed E-state index contributed by atoms with van der Waals surface area (Å²) in [5.74, 6) is 0.412. The van der Waals surface area contributed by atoms with E-state index in [2.05, 4.69) is 41.8 Å². The van der Waals surface area contributed by atoms with Crippen LogP contribution in [0.5, 0.6) is 0 Å². The first-order chi connectivity index (χ1) is 10.2. The van der Waals surface area contributed by atoms with Crippen LogP contribution < -0.4 is 10.6 Å². The van der Waals surface area contributed by atoms with Crippen molar-refractivity contribution in [2.75, 3.05) is 19.6 Å². The summed E-state index contributed by atoms with van der Waals surface area (Å²) >= 11 is 0. The molecule has 0 radical (unpaired) electrons. The number of carbonyl (C=O) groups is 1. The number of aryl methyl sites for hydroxylation is 1. The van der Waals surface area contributed by atoms with Gasteiger partial charge >= 0.3 is 0 Å². The molecule has 3 nitrogen and oxygen atoms in total. The minimum absolute atomic E-state index is 0.158. The van der Waals surface area contributed by atoms with Gasteiger partial charge in [-0.2, -0.15) is 0 Å². The van der Waals surface area contributed by atoms with Gasteiger partial charge in [-0.25, -0.2) is 0 Å². The lowest BCUT2D eigenvalue weighted by Gasteiger charge is -2.35. The van der Waals surface area contributed by atoms with Crippen LogP contribution in [0.25, 0.3) is 0 Å². The van der Waals surface area contributed by atoms with Crippen LogP contribution >= 0.6 is 0 Å². The minimum atomic E-state index is 0.158. The molecule has 1 atom stereocenters. The zero-order valence-electron chi connectivity index (χ0n) is 13.0. The molecule has 1 unspecified atom stereocenters. The number of hydrogen-bond acceptors (Lipinski definition) is 2. The second-order valence-corrected chi connectivity index (χ2v) is 6.99. The Kier molecular flexibility index (Phi) is 4.29. The summed E-state index contributed by atoms with van der Waals surface area (Å²) in [6.07, 6.45) is 5.23. The number of hydrogen-bond donors (Lipinski definition) is 2. The molecule has 2 aliphatic rings. The maximum absolute atomic E-state index is 12.5. The molecule has 1 aliphatic heterocycles. The van der Waals surface area contributed by atoms with Crippen LogP contribution in [0.2, 0.25) is 0 Å². The predicted molar refractivity (Wildman–Crippen MR) is 85.2 cm³/mol. The fourth-order valence-electron chi connectivity index (χ4n) is 3.57. The number of rotatable bonds is 3. The molecule has 1 fully saturated rings. The Labute approximate surface area is 127 Å². The van der Waals surface area contributed by atoms with Crippen LogP contribution in [0.3, 0.4) is 0 Å². The Morgan fingerprint density at radius 2 is 2.00 bits per heavy atom.